The summed E-state index contributed by atoms with van der Waals surface area (Å²) in [6.07, 6.45) is 4.65. The van der Waals surface area contributed by atoms with Crippen LogP contribution >= 0.6 is 11.6 Å². The normalized spacial score (nSPS) is 15.1. The van der Waals surface area contributed by atoms with E-state index >= 15 is 0 Å². The van der Waals surface area contributed by atoms with Crippen molar-refractivity contribution in [3.63, 3.8) is 0 Å². The molecule has 2 heterocycles. The average molecular weight is 497 g/mol. The largest absolute Gasteiger partial charge is 0.383 e. The van der Waals surface area contributed by atoms with Crippen molar-refractivity contribution < 1.29 is 13.2 Å². The highest BCUT2D eigenvalue weighted by atomic mass is 35.5. The maximum Gasteiger partial charge on any atom is 0.229 e. The number of fused-ring (bicyclic) bond motifs is 1. The molecule has 0 spiro atoms. The van der Waals surface area contributed by atoms with Crippen LogP contribution in [-0.4, -0.2) is 75.0 Å². The van der Waals surface area contributed by atoms with E-state index in [0.29, 0.717) is 23.3 Å². The van der Waals surface area contributed by atoms with E-state index < -0.39 is 15.6 Å². The maximum atomic E-state index is 11.6. The van der Waals surface area contributed by atoms with Crippen LogP contribution in [0.3, 0.4) is 0 Å². The average Bonchev–Trinajstić information content (AvgIpc) is 2.93. The fourth-order valence-corrected chi connectivity index (χ4v) is 5.05. The third-order valence-corrected chi connectivity index (χ3v) is 6.57. The Labute approximate surface area is 201 Å². The Bertz CT molecular complexity index is 1060. The summed E-state index contributed by atoms with van der Waals surface area (Å²) in [5.74, 6) is 0.840. The van der Waals surface area contributed by atoms with E-state index in [1.165, 1.54) is 17.3 Å². The molecule has 0 saturated heterocycles. The summed E-state index contributed by atoms with van der Waals surface area (Å²) in [4.78, 5) is 11.2. The Kier molecular flexibility index (Phi) is 8.52. The van der Waals surface area contributed by atoms with Crippen LogP contribution in [0.1, 0.15) is 25.0 Å². The molecule has 3 rings (SSSR count). The summed E-state index contributed by atoms with van der Waals surface area (Å²) < 4.78 is 30.9. The molecule has 0 atom stereocenters. The van der Waals surface area contributed by atoms with Gasteiger partial charge in [-0.25, -0.2) is 18.1 Å². The fraction of sp³-hybridized carbons (Fsp3) is 0.545. The third-order valence-electron chi connectivity index (χ3n) is 5.37. The van der Waals surface area contributed by atoms with Crippen LogP contribution in [0.5, 0.6) is 0 Å². The van der Waals surface area contributed by atoms with E-state index in [4.69, 9.17) is 16.3 Å². The molecule has 1 aliphatic rings. The number of halogens is 1. The minimum atomic E-state index is -3.34. The second kappa shape index (κ2) is 11.0. The van der Waals surface area contributed by atoms with Crippen molar-refractivity contribution in [3.8, 4) is 0 Å². The lowest BCUT2D eigenvalue weighted by atomic mass is 10.0. The Morgan fingerprint density at radius 1 is 1.21 bits per heavy atom. The lowest BCUT2D eigenvalue weighted by Gasteiger charge is -2.25. The Morgan fingerprint density at radius 3 is 2.64 bits per heavy atom. The summed E-state index contributed by atoms with van der Waals surface area (Å²) in [7, 11) is -1.61. The second-order valence-corrected chi connectivity index (χ2v) is 11.1. The molecule has 0 amide bonds. The van der Waals surface area contributed by atoms with Crippen molar-refractivity contribution in [1.82, 2.24) is 19.6 Å². The molecule has 0 fully saturated rings. The van der Waals surface area contributed by atoms with Gasteiger partial charge in [-0.05, 0) is 49.9 Å². The van der Waals surface area contributed by atoms with Gasteiger partial charge in [0.25, 0.3) is 0 Å². The summed E-state index contributed by atoms with van der Waals surface area (Å²) >= 11 is 6.26. The number of nitrogens with one attached hydrogen (secondary N) is 3. The molecule has 1 aromatic heterocycles. The van der Waals surface area contributed by atoms with E-state index in [9.17, 15) is 8.42 Å². The first-order valence-electron chi connectivity index (χ1n) is 10.9. The fourth-order valence-electron chi connectivity index (χ4n) is 3.82. The first-order valence-corrected chi connectivity index (χ1v) is 13.2. The van der Waals surface area contributed by atoms with Gasteiger partial charge in [-0.15, -0.1) is 0 Å². The van der Waals surface area contributed by atoms with Crippen molar-refractivity contribution in [2.75, 3.05) is 56.8 Å². The van der Waals surface area contributed by atoms with E-state index in [2.05, 4.69) is 42.4 Å². The zero-order valence-corrected chi connectivity index (χ0v) is 21.2. The van der Waals surface area contributed by atoms with Gasteiger partial charge in [-0.1, -0.05) is 17.7 Å². The van der Waals surface area contributed by atoms with Gasteiger partial charge in [0.15, 0.2) is 5.82 Å². The monoisotopic (exact) mass is 496 g/mol. The van der Waals surface area contributed by atoms with Crippen molar-refractivity contribution in [1.29, 1.82) is 0 Å². The van der Waals surface area contributed by atoms with Crippen LogP contribution in [-0.2, 0) is 27.6 Å². The molecule has 0 unspecified atom stereocenters. The lowest BCUT2D eigenvalue weighted by Crippen LogP contribution is -2.47. The minimum Gasteiger partial charge on any atom is -0.383 e. The Morgan fingerprint density at radius 2 is 1.94 bits per heavy atom. The van der Waals surface area contributed by atoms with Crippen molar-refractivity contribution >= 4 is 39.1 Å². The highest BCUT2D eigenvalue weighted by molar-refractivity contribution is 7.88. The number of anilines is 3. The van der Waals surface area contributed by atoms with Crippen LogP contribution in [0.15, 0.2) is 24.4 Å². The van der Waals surface area contributed by atoms with E-state index in [1.807, 2.05) is 6.07 Å². The zero-order valence-electron chi connectivity index (χ0n) is 19.6. The predicted molar refractivity (Wildman–Crippen MR) is 133 cm³/mol. The number of methoxy groups -OCH3 is 1. The van der Waals surface area contributed by atoms with Gasteiger partial charge in [-0.3, -0.25) is 0 Å². The maximum absolute atomic E-state index is 11.6. The molecule has 3 N–H and O–H groups in total. The number of nitrogens with zero attached hydrogens (tertiary/aromatic N) is 3. The van der Waals surface area contributed by atoms with Gasteiger partial charge >= 0.3 is 0 Å². The number of rotatable bonds is 10. The molecule has 33 heavy (non-hydrogen) atoms. The molecule has 9 nitrogen and oxygen atoms in total. The van der Waals surface area contributed by atoms with E-state index in [-0.39, 0.29) is 0 Å². The quantitative estimate of drug-likeness (QED) is 0.460. The predicted octanol–water partition coefficient (Wildman–Crippen LogP) is 2.66. The molecule has 0 radical (unpaired) electrons. The Balaban J connectivity index is 1.67. The summed E-state index contributed by atoms with van der Waals surface area (Å²) in [6, 6.07) is 6.35. The molecule has 0 saturated carbocycles. The molecule has 0 aliphatic carbocycles. The molecule has 1 aromatic carbocycles. The van der Waals surface area contributed by atoms with Gasteiger partial charge in [0.2, 0.25) is 16.0 Å². The Hall–Kier alpha value is -1.98. The molecule has 0 bridgehead atoms. The highest BCUT2D eigenvalue weighted by Crippen LogP contribution is 2.25. The number of hydrogen-bond acceptors (Lipinski definition) is 8. The third kappa shape index (κ3) is 8.08. The first-order chi connectivity index (χ1) is 15.5. The van der Waals surface area contributed by atoms with Crippen LogP contribution in [0.2, 0.25) is 5.02 Å². The number of sulfonamides is 1. The number of benzene rings is 1. The van der Waals surface area contributed by atoms with Crippen LogP contribution in [0, 0.1) is 0 Å². The summed E-state index contributed by atoms with van der Waals surface area (Å²) in [5.41, 5.74) is 2.87. The van der Waals surface area contributed by atoms with E-state index in [0.717, 1.165) is 51.0 Å². The van der Waals surface area contributed by atoms with Gasteiger partial charge in [0.1, 0.15) is 5.02 Å². The van der Waals surface area contributed by atoms with Crippen LogP contribution in [0.25, 0.3) is 0 Å². The first kappa shape index (κ1) is 25.6. The van der Waals surface area contributed by atoms with Crippen molar-refractivity contribution in [3.05, 3.63) is 40.5 Å². The van der Waals surface area contributed by atoms with Gasteiger partial charge in [0, 0.05) is 44.5 Å². The van der Waals surface area contributed by atoms with Gasteiger partial charge in [-0.2, -0.15) is 4.98 Å². The highest BCUT2D eigenvalue weighted by Gasteiger charge is 2.22. The number of aromatic nitrogens is 2. The topological polar surface area (TPSA) is 108 Å². The van der Waals surface area contributed by atoms with Crippen molar-refractivity contribution in [2.24, 2.45) is 0 Å². The van der Waals surface area contributed by atoms with Crippen LogP contribution in [0.4, 0.5) is 17.5 Å². The molecule has 11 heteroatoms. The molecular weight excluding hydrogens is 464 g/mol. The number of hydrogen-bond donors (Lipinski definition) is 3. The zero-order chi connectivity index (χ0) is 24.1. The number of ether oxygens (including phenoxy) is 1. The summed E-state index contributed by atoms with van der Waals surface area (Å²) in [5, 5.41) is 6.73. The molecule has 1 aliphatic heterocycles. The lowest BCUT2D eigenvalue weighted by molar-refractivity contribution is 0.150. The molecule has 2 aromatic rings. The molecular formula is C22H33ClN6O3S. The van der Waals surface area contributed by atoms with E-state index in [1.54, 1.807) is 21.0 Å². The second-order valence-electron chi connectivity index (χ2n) is 8.94. The van der Waals surface area contributed by atoms with Gasteiger partial charge < -0.3 is 20.3 Å². The van der Waals surface area contributed by atoms with Crippen molar-refractivity contribution in [2.45, 2.75) is 32.2 Å². The minimum absolute atomic E-state index is 0.300. The summed E-state index contributed by atoms with van der Waals surface area (Å²) in [6.45, 7) is 7.58. The smallest absolute Gasteiger partial charge is 0.229 e. The SMILES string of the molecule is COCCN1CCc2ccc(Nc3ncc(Cl)c(NCC(C)(C)NS(C)(=O)=O)n3)cc2CC1. The standard InChI is InChI=1S/C22H33ClN6O3S/c1-22(2,28-33(4,30)31)15-25-20-19(23)14-24-21(27-20)26-18-6-5-16-7-9-29(11-12-32-3)10-8-17(16)13-18/h5-6,13-14,28H,7-12,15H2,1-4H3,(H2,24,25,26,27). The van der Waals surface area contributed by atoms with Crippen LogP contribution < -0.4 is 15.4 Å². The molecule has 182 valence electrons. The van der Waals surface area contributed by atoms with Gasteiger partial charge in [0.05, 0.1) is 19.1 Å².